The fraction of sp³-hybridized carbons (Fsp3) is 0.500. The Morgan fingerprint density at radius 1 is 1.03 bits per heavy atom. The van der Waals surface area contributed by atoms with Crippen LogP contribution < -0.4 is 9.74 Å². The molecule has 0 unspecified atom stereocenters. The molecule has 1 aromatic heterocycles. The van der Waals surface area contributed by atoms with Gasteiger partial charge in [-0.3, -0.25) is 0 Å². The fourth-order valence-electron chi connectivity index (χ4n) is 3.10. The summed E-state index contributed by atoms with van der Waals surface area (Å²) < 4.78 is 47.8. The number of fused-ring (bicyclic) bond motifs is 1. The molecule has 3 nitrogen and oxygen atoms in total. The zero-order valence-electron chi connectivity index (χ0n) is 18.1. The molecule has 2 aromatic rings. The molecule has 0 saturated heterocycles. The molecule has 1 aliphatic rings. The summed E-state index contributed by atoms with van der Waals surface area (Å²) in [5, 5.41) is 3.29. The topological polar surface area (TPSA) is 34.1 Å². The molecule has 0 fully saturated rings. The first kappa shape index (κ1) is 21.7. The van der Waals surface area contributed by atoms with Crippen LogP contribution in [0.1, 0.15) is 51.4 Å². The highest BCUT2D eigenvalue weighted by atomic mass is 28.4. The van der Waals surface area contributed by atoms with Gasteiger partial charge in [0.25, 0.3) is 8.32 Å². The van der Waals surface area contributed by atoms with Crippen LogP contribution in [-0.2, 0) is 11.8 Å². The number of rotatable bonds is 4. The second-order valence-corrected chi connectivity index (χ2v) is 14.7. The first-order valence-electron chi connectivity index (χ1n) is 9.82. The van der Waals surface area contributed by atoms with Gasteiger partial charge in [-0.25, -0.2) is 18.2 Å². The molecule has 2 heterocycles. The summed E-state index contributed by atoms with van der Waals surface area (Å²) in [7, 11) is -2.22. The average Bonchev–Trinajstić information content (AvgIpc) is 2.86. The van der Waals surface area contributed by atoms with Crippen molar-refractivity contribution in [1.29, 1.82) is 0 Å². The van der Waals surface area contributed by atoms with Crippen LogP contribution in [-0.4, -0.2) is 19.8 Å². The highest BCUT2D eigenvalue weighted by Crippen LogP contribution is 2.42. The molecule has 158 valence electrons. The largest absolute Gasteiger partial charge is 0.530 e. The van der Waals surface area contributed by atoms with Gasteiger partial charge >= 0.3 is 0 Å². The standard InChI is InChI=1S/C22H29F3N2OSi/c1-21(2,3)29(6,7)28-20-14(8-13-9-16(24)17(25)11-15(13)23)10-18-19(27-20)22(4,5)12-26-18/h9-11,26H,8,12H2,1-7H3. The van der Waals surface area contributed by atoms with Crippen molar-refractivity contribution in [2.45, 2.75) is 64.6 Å². The summed E-state index contributed by atoms with van der Waals surface area (Å²) in [6, 6.07) is 3.40. The molecule has 7 heteroatoms. The summed E-state index contributed by atoms with van der Waals surface area (Å²) in [6.45, 7) is 15.6. The molecule has 0 spiro atoms. The van der Waals surface area contributed by atoms with E-state index in [0.717, 1.165) is 24.0 Å². The Labute approximate surface area is 171 Å². The lowest BCUT2D eigenvalue weighted by atomic mass is 9.91. The Bertz CT molecular complexity index is 952. The molecule has 1 N–H and O–H groups in total. The van der Waals surface area contributed by atoms with Crippen molar-refractivity contribution < 1.29 is 17.6 Å². The van der Waals surface area contributed by atoms with Gasteiger partial charge in [0.2, 0.25) is 5.88 Å². The van der Waals surface area contributed by atoms with Crippen LogP contribution in [0.2, 0.25) is 18.1 Å². The van der Waals surface area contributed by atoms with Crippen LogP contribution in [0.3, 0.4) is 0 Å². The van der Waals surface area contributed by atoms with Gasteiger partial charge in [0.05, 0.1) is 11.4 Å². The lowest BCUT2D eigenvalue weighted by Crippen LogP contribution is -2.44. The van der Waals surface area contributed by atoms with Gasteiger partial charge in [-0.2, -0.15) is 0 Å². The summed E-state index contributed by atoms with van der Waals surface area (Å²) in [4.78, 5) is 4.83. The molecule has 29 heavy (non-hydrogen) atoms. The Hall–Kier alpha value is -2.02. The minimum atomic E-state index is -2.22. The zero-order chi connectivity index (χ0) is 21.8. The zero-order valence-corrected chi connectivity index (χ0v) is 19.1. The molecule has 0 atom stereocenters. The van der Waals surface area contributed by atoms with E-state index < -0.39 is 25.8 Å². The van der Waals surface area contributed by atoms with E-state index in [4.69, 9.17) is 9.41 Å². The number of halogens is 3. The second-order valence-electron chi connectivity index (χ2n) is 9.98. The van der Waals surface area contributed by atoms with Gasteiger partial charge in [0.15, 0.2) is 11.6 Å². The maximum absolute atomic E-state index is 14.3. The summed E-state index contributed by atoms with van der Waals surface area (Å²) >= 11 is 0. The third-order valence-electron chi connectivity index (χ3n) is 6.05. The minimum Gasteiger partial charge on any atom is -0.530 e. The van der Waals surface area contributed by atoms with Crippen LogP contribution in [0, 0.1) is 17.5 Å². The lowest BCUT2D eigenvalue weighted by Gasteiger charge is -2.36. The lowest BCUT2D eigenvalue weighted by molar-refractivity contribution is 0.462. The molecule has 1 aromatic carbocycles. The molecular formula is C22H29F3N2OSi. The van der Waals surface area contributed by atoms with Crippen molar-refractivity contribution in [3.63, 3.8) is 0 Å². The Kier molecular flexibility index (Phi) is 5.26. The fourth-order valence-corrected chi connectivity index (χ4v) is 4.07. The Morgan fingerprint density at radius 3 is 2.28 bits per heavy atom. The van der Waals surface area contributed by atoms with Crippen molar-refractivity contribution in [1.82, 2.24) is 4.98 Å². The number of anilines is 1. The quantitative estimate of drug-likeness (QED) is 0.472. The van der Waals surface area contributed by atoms with Crippen LogP contribution in [0.4, 0.5) is 18.9 Å². The number of hydrogen-bond donors (Lipinski definition) is 1. The Morgan fingerprint density at radius 2 is 1.66 bits per heavy atom. The summed E-state index contributed by atoms with van der Waals surface area (Å²) in [6.07, 6.45) is 0.0649. The first-order chi connectivity index (χ1) is 13.2. The van der Waals surface area contributed by atoms with Gasteiger partial charge in [-0.05, 0) is 35.8 Å². The number of benzene rings is 1. The number of hydrogen-bond acceptors (Lipinski definition) is 3. The first-order valence-corrected chi connectivity index (χ1v) is 12.7. The number of aromatic nitrogens is 1. The van der Waals surface area contributed by atoms with Crippen LogP contribution >= 0.6 is 0 Å². The number of nitrogens with one attached hydrogen (secondary N) is 1. The Balaban J connectivity index is 2.10. The third-order valence-corrected chi connectivity index (χ3v) is 10.4. The van der Waals surface area contributed by atoms with Crippen LogP contribution in [0.15, 0.2) is 18.2 Å². The van der Waals surface area contributed by atoms with Gasteiger partial charge in [-0.1, -0.05) is 34.6 Å². The summed E-state index contributed by atoms with van der Waals surface area (Å²) in [5.41, 5.74) is 2.34. The molecule has 1 aliphatic heterocycles. The van der Waals surface area contributed by atoms with E-state index in [0.29, 0.717) is 17.5 Å². The highest BCUT2D eigenvalue weighted by molar-refractivity contribution is 6.74. The predicted molar refractivity (Wildman–Crippen MR) is 113 cm³/mol. The maximum Gasteiger partial charge on any atom is 0.252 e. The second kappa shape index (κ2) is 7.04. The maximum atomic E-state index is 14.3. The molecule has 0 amide bonds. The van der Waals surface area contributed by atoms with Gasteiger partial charge < -0.3 is 9.74 Å². The van der Waals surface area contributed by atoms with Crippen molar-refractivity contribution in [2.24, 2.45) is 0 Å². The molecule has 0 bridgehead atoms. The van der Waals surface area contributed by atoms with E-state index in [1.807, 2.05) is 6.07 Å². The van der Waals surface area contributed by atoms with Crippen molar-refractivity contribution in [3.05, 3.63) is 52.5 Å². The van der Waals surface area contributed by atoms with Crippen LogP contribution in [0.5, 0.6) is 5.88 Å². The molecular weight excluding hydrogens is 393 g/mol. The predicted octanol–water partition coefficient (Wildman–Crippen LogP) is 6.18. The van der Waals surface area contributed by atoms with Gasteiger partial charge in [0.1, 0.15) is 5.82 Å². The van der Waals surface area contributed by atoms with E-state index in [9.17, 15) is 13.2 Å². The summed E-state index contributed by atoms with van der Waals surface area (Å²) in [5.74, 6) is -2.59. The van der Waals surface area contributed by atoms with Crippen molar-refractivity contribution in [2.75, 3.05) is 11.9 Å². The van der Waals surface area contributed by atoms with Crippen LogP contribution in [0.25, 0.3) is 0 Å². The normalized spacial score (nSPS) is 15.8. The third kappa shape index (κ3) is 4.15. The molecule has 0 saturated carbocycles. The van der Waals surface area contributed by atoms with E-state index in [2.05, 4.69) is 53.0 Å². The van der Waals surface area contributed by atoms with E-state index in [1.165, 1.54) is 0 Å². The number of pyridine rings is 1. The van der Waals surface area contributed by atoms with E-state index in [1.54, 1.807) is 0 Å². The molecule has 0 radical (unpaired) electrons. The molecule has 0 aliphatic carbocycles. The van der Waals surface area contributed by atoms with Gasteiger partial charge in [0, 0.05) is 30.0 Å². The SMILES string of the molecule is CC1(C)CNc2cc(Cc3cc(F)c(F)cc3F)c(O[Si](C)(C)C(C)(C)C)nc21. The smallest absolute Gasteiger partial charge is 0.252 e. The average molecular weight is 423 g/mol. The van der Waals surface area contributed by atoms with Gasteiger partial charge in [-0.15, -0.1) is 0 Å². The molecule has 3 rings (SSSR count). The van der Waals surface area contributed by atoms with Crippen molar-refractivity contribution >= 4 is 14.0 Å². The minimum absolute atomic E-state index is 0.0496. The van der Waals surface area contributed by atoms with E-state index in [-0.39, 0.29) is 22.4 Å². The van der Waals surface area contributed by atoms with Crippen molar-refractivity contribution in [3.8, 4) is 5.88 Å². The monoisotopic (exact) mass is 422 g/mol. The number of nitrogens with zero attached hydrogens (tertiary/aromatic N) is 1. The highest BCUT2D eigenvalue weighted by Gasteiger charge is 2.41. The van der Waals surface area contributed by atoms with E-state index >= 15 is 0 Å².